The Morgan fingerprint density at radius 1 is 1.15 bits per heavy atom. The van der Waals surface area contributed by atoms with E-state index in [2.05, 4.69) is 42.7 Å². The summed E-state index contributed by atoms with van der Waals surface area (Å²) in [4.78, 5) is 14.7. The molecular formula is C20H27N5O. The van der Waals surface area contributed by atoms with Crippen LogP contribution in [0.3, 0.4) is 0 Å². The van der Waals surface area contributed by atoms with Crippen molar-refractivity contribution in [1.82, 2.24) is 14.9 Å². The third-order valence-electron chi connectivity index (χ3n) is 5.33. The van der Waals surface area contributed by atoms with Crippen LogP contribution in [0, 0.1) is 0 Å². The number of ether oxygens (including phenoxy) is 1. The minimum absolute atomic E-state index is 0.281. The van der Waals surface area contributed by atoms with Gasteiger partial charge in [-0.2, -0.15) is 0 Å². The fraction of sp³-hybridized carbons (Fsp3) is 0.500. The van der Waals surface area contributed by atoms with Crippen LogP contribution in [0.25, 0.3) is 11.3 Å². The van der Waals surface area contributed by atoms with Crippen molar-refractivity contribution >= 4 is 11.6 Å². The Labute approximate surface area is 155 Å². The van der Waals surface area contributed by atoms with E-state index in [1.165, 1.54) is 5.56 Å². The fourth-order valence-corrected chi connectivity index (χ4v) is 3.66. The SMILES string of the molecule is CC(C)N1Cc2nc(N3CCOC[C@@H]3C)nc(-c3ccc(N)cc3)c2C1. The average Bonchev–Trinajstić information content (AvgIpc) is 3.06. The van der Waals surface area contributed by atoms with Gasteiger partial charge in [0, 0.05) is 42.5 Å². The molecule has 0 aliphatic carbocycles. The zero-order valence-electron chi connectivity index (χ0n) is 15.8. The number of benzene rings is 1. The molecular weight excluding hydrogens is 326 g/mol. The van der Waals surface area contributed by atoms with E-state index in [1.54, 1.807) is 0 Å². The third-order valence-corrected chi connectivity index (χ3v) is 5.33. The number of nitrogens with two attached hydrogens (primary N) is 1. The van der Waals surface area contributed by atoms with Gasteiger partial charge in [0.15, 0.2) is 0 Å². The summed E-state index contributed by atoms with van der Waals surface area (Å²) in [5.41, 5.74) is 11.2. The lowest BCUT2D eigenvalue weighted by molar-refractivity contribution is 0.0980. The number of hydrogen-bond acceptors (Lipinski definition) is 6. The molecule has 1 aromatic carbocycles. The van der Waals surface area contributed by atoms with Gasteiger partial charge in [0.1, 0.15) is 0 Å². The normalized spacial score (nSPS) is 20.6. The summed E-state index contributed by atoms with van der Waals surface area (Å²) in [7, 11) is 0. The van der Waals surface area contributed by atoms with Gasteiger partial charge in [0.05, 0.1) is 30.6 Å². The maximum atomic E-state index is 5.88. The first kappa shape index (κ1) is 17.2. The standard InChI is InChI=1S/C20H27N5O/c1-13(2)24-10-17-18(11-24)22-20(25-8-9-26-12-14(25)3)23-19(17)15-4-6-16(21)7-5-15/h4-7,13-14H,8-12,21H2,1-3H3/t14-/m0/s1. The fourth-order valence-electron chi connectivity index (χ4n) is 3.66. The molecule has 26 heavy (non-hydrogen) atoms. The Morgan fingerprint density at radius 3 is 2.62 bits per heavy atom. The van der Waals surface area contributed by atoms with Crippen LogP contribution in [0.4, 0.5) is 11.6 Å². The number of aromatic nitrogens is 2. The van der Waals surface area contributed by atoms with Crippen LogP contribution in [0.5, 0.6) is 0 Å². The minimum atomic E-state index is 0.281. The van der Waals surface area contributed by atoms with Crippen molar-refractivity contribution in [3.05, 3.63) is 35.5 Å². The number of nitrogen functional groups attached to an aromatic ring is 1. The van der Waals surface area contributed by atoms with Crippen molar-refractivity contribution in [2.75, 3.05) is 30.4 Å². The number of anilines is 2. The van der Waals surface area contributed by atoms with E-state index in [-0.39, 0.29) is 6.04 Å². The third kappa shape index (κ3) is 3.15. The molecule has 0 saturated carbocycles. The smallest absolute Gasteiger partial charge is 0.226 e. The first-order chi connectivity index (χ1) is 12.5. The molecule has 1 saturated heterocycles. The highest BCUT2D eigenvalue weighted by Gasteiger charge is 2.30. The van der Waals surface area contributed by atoms with Crippen LogP contribution in [-0.4, -0.2) is 46.7 Å². The van der Waals surface area contributed by atoms with Gasteiger partial charge in [0.2, 0.25) is 5.95 Å². The van der Waals surface area contributed by atoms with Gasteiger partial charge >= 0.3 is 0 Å². The molecule has 1 fully saturated rings. The van der Waals surface area contributed by atoms with Crippen molar-refractivity contribution in [3.8, 4) is 11.3 Å². The summed E-state index contributed by atoms with van der Waals surface area (Å²) in [5, 5.41) is 0. The quantitative estimate of drug-likeness (QED) is 0.856. The molecule has 0 amide bonds. The molecule has 2 aromatic rings. The van der Waals surface area contributed by atoms with Crippen LogP contribution in [0.2, 0.25) is 0 Å². The summed E-state index contributed by atoms with van der Waals surface area (Å²) in [6, 6.07) is 8.76. The molecule has 2 aliphatic rings. The van der Waals surface area contributed by atoms with E-state index in [9.17, 15) is 0 Å². The molecule has 6 heteroatoms. The summed E-state index contributed by atoms with van der Waals surface area (Å²) < 4.78 is 5.58. The summed E-state index contributed by atoms with van der Waals surface area (Å²) in [5.74, 6) is 0.817. The van der Waals surface area contributed by atoms with Crippen molar-refractivity contribution in [1.29, 1.82) is 0 Å². The van der Waals surface area contributed by atoms with E-state index in [0.717, 1.165) is 61.4 Å². The lowest BCUT2D eigenvalue weighted by Gasteiger charge is -2.33. The van der Waals surface area contributed by atoms with E-state index >= 15 is 0 Å². The van der Waals surface area contributed by atoms with Crippen molar-refractivity contribution < 1.29 is 4.74 Å². The molecule has 2 aliphatic heterocycles. The molecule has 0 bridgehead atoms. The predicted octanol–water partition coefficient (Wildman–Crippen LogP) is 2.67. The Morgan fingerprint density at radius 2 is 1.92 bits per heavy atom. The largest absolute Gasteiger partial charge is 0.399 e. The van der Waals surface area contributed by atoms with Gasteiger partial charge in [-0.15, -0.1) is 0 Å². The van der Waals surface area contributed by atoms with E-state index in [1.807, 2.05) is 12.1 Å². The van der Waals surface area contributed by atoms with Gasteiger partial charge in [-0.1, -0.05) is 12.1 Å². The number of hydrogen-bond donors (Lipinski definition) is 1. The zero-order chi connectivity index (χ0) is 18.3. The zero-order valence-corrected chi connectivity index (χ0v) is 15.8. The minimum Gasteiger partial charge on any atom is -0.399 e. The van der Waals surface area contributed by atoms with Crippen molar-refractivity contribution in [2.24, 2.45) is 0 Å². The Kier molecular flexibility index (Phi) is 4.54. The van der Waals surface area contributed by atoms with E-state index < -0.39 is 0 Å². The number of fused-ring (bicyclic) bond motifs is 1. The second kappa shape index (κ2) is 6.85. The highest BCUT2D eigenvalue weighted by molar-refractivity contribution is 5.68. The lowest BCUT2D eigenvalue weighted by Crippen LogP contribution is -2.44. The highest BCUT2D eigenvalue weighted by atomic mass is 16.5. The predicted molar refractivity (Wildman–Crippen MR) is 104 cm³/mol. The first-order valence-electron chi connectivity index (χ1n) is 9.37. The van der Waals surface area contributed by atoms with Crippen LogP contribution >= 0.6 is 0 Å². The second-order valence-corrected chi connectivity index (χ2v) is 7.54. The van der Waals surface area contributed by atoms with Crippen LogP contribution in [0.1, 0.15) is 32.0 Å². The highest BCUT2D eigenvalue weighted by Crippen LogP contribution is 2.34. The summed E-state index contributed by atoms with van der Waals surface area (Å²) >= 11 is 0. The average molecular weight is 353 g/mol. The lowest BCUT2D eigenvalue weighted by atomic mass is 10.1. The monoisotopic (exact) mass is 353 g/mol. The molecule has 0 unspecified atom stereocenters. The van der Waals surface area contributed by atoms with Gasteiger partial charge in [-0.05, 0) is 32.9 Å². The molecule has 3 heterocycles. The van der Waals surface area contributed by atoms with Gasteiger partial charge < -0.3 is 15.4 Å². The van der Waals surface area contributed by atoms with Crippen LogP contribution < -0.4 is 10.6 Å². The Balaban J connectivity index is 1.80. The number of rotatable bonds is 3. The molecule has 0 radical (unpaired) electrons. The first-order valence-corrected chi connectivity index (χ1v) is 9.37. The number of morpholine rings is 1. The van der Waals surface area contributed by atoms with Crippen LogP contribution in [0.15, 0.2) is 24.3 Å². The molecule has 1 aromatic heterocycles. The topological polar surface area (TPSA) is 67.5 Å². The van der Waals surface area contributed by atoms with Crippen molar-refractivity contribution in [2.45, 2.75) is 45.9 Å². The Bertz CT molecular complexity index is 790. The second-order valence-electron chi connectivity index (χ2n) is 7.54. The molecule has 2 N–H and O–H groups in total. The molecule has 0 spiro atoms. The molecule has 6 nitrogen and oxygen atoms in total. The van der Waals surface area contributed by atoms with Crippen molar-refractivity contribution in [3.63, 3.8) is 0 Å². The molecule has 1 atom stereocenters. The molecule has 138 valence electrons. The van der Waals surface area contributed by atoms with E-state index in [0.29, 0.717) is 6.04 Å². The Hall–Kier alpha value is -2.18. The van der Waals surface area contributed by atoms with Gasteiger partial charge in [-0.3, -0.25) is 4.90 Å². The summed E-state index contributed by atoms with van der Waals surface area (Å²) in [6.45, 7) is 10.7. The van der Waals surface area contributed by atoms with Gasteiger partial charge in [0.25, 0.3) is 0 Å². The van der Waals surface area contributed by atoms with E-state index in [4.69, 9.17) is 20.4 Å². The number of nitrogens with zero attached hydrogens (tertiary/aromatic N) is 4. The van der Waals surface area contributed by atoms with Gasteiger partial charge in [-0.25, -0.2) is 9.97 Å². The maximum absolute atomic E-state index is 5.88. The molecule has 4 rings (SSSR count). The van der Waals surface area contributed by atoms with Crippen LogP contribution in [-0.2, 0) is 17.8 Å². The maximum Gasteiger partial charge on any atom is 0.226 e. The summed E-state index contributed by atoms with van der Waals surface area (Å²) in [6.07, 6.45) is 0.